The Morgan fingerprint density at radius 1 is 1.09 bits per heavy atom. The van der Waals surface area contributed by atoms with Gasteiger partial charge in [0.25, 0.3) is 0 Å². The van der Waals surface area contributed by atoms with Gasteiger partial charge in [0.2, 0.25) is 0 Å². The molecular formula is C20H30N2. The molecule has 1 aromatic carbocycles. The van der Waals surface area contributed by atoms with Crippen LogP contribution in [0.1, 0.15) is 57.0 Å². The quantitative estimate of drug-likeness (QED) is 0.869. The monoisotopic (exact) mass is 298 g/mol. The predicted molar refractivity (Wildman–Crippen MR) is 96.5 cm³/mol. The Labute approximate surface area is 135 Å². The second kappa shape index (κ2) is 6.37. The fraction of sp³-hybridized carbons (Fsp3) is 0.550. The summed E-state index contributed by atoms with van der Waals surface area (Å²) in [5, 5.41) is 4.90. The van der Waals surface area contributed by atoms with E-state index in [2.05, 4.69) is 72.0 Å². The van der Waals surface area contributed by atoms with Gasteiger partial charge in [-0.3, -0.25) is 4.98 Å². The highest BCUT2D eigenvalue weighted by Gasteiger charge is 2.18. The van der Waals surface area contributed by atoms with Crippen molar-refractivity contribution in [2.45, 2.75) is 60.4 Å². The van der Waals surface area contributed by atoms with Crippen molar-refractivity contribution in [1.29, 1.82) is 0 Å². The van der Waals surface area contributed by atoms with Crippen LogP contribution >= 0.6 is 0 Å². The number of hydrogen-bond donors (Lipinski definition) is 1. The predicted octanol–water partition coefficient (Wildman–Crippen LogP) is 4.89. The third-order valence-electron chi connectivity index (χ3n) is 3.97. The first-order chi connectivity index (χ1) is 10.2. The maximum absolute atomic E-state index is 4.94. The minimum Gasteiger partial charge on any atom is -0.312 e. The molecular weight excluding hydrogens is 268 g/mol. The molecule has 0 amide bonds. The van der Waals surface area contributed by atoms with Crippen LogP contribution in [0.5, 0.6) is 0 Å². The Kier molecular flexibility index (Phi) is 4.91. The van der Waals surface area contributed by atoms with Gasteiger partial charge in [0.15, 0.2) is 0 Å². The first-order valence-electron chi connectivity index (χ1n) is 8.30. The van der Waals surface area contributed by atoms with E-state index in [1.165, 1.54) is 27.8 Å². The van der Waals surface area contributed by atoms with Gasteiger partial charge in [-0.25, -0.2) is 0 Å². The van der Waals surface area contributed by atoms with Crippen LogP contribution in [0.4, 0.5) is 0 Å². The van der Waals surface area contributed by atoms with Crippen LogP contribution in [0.3, 0.4) is 0 Å². The van der Waals surface area contributed by atoms with E-state index in [4.69, 9.17) is 4.98 Å². The van der Waals surface area contributed by atoms with Crippen molar-refractivity contribution in [3.63, 3.8) is 0 Å². The number of pyridine rings is 1. The zero-order valence-electron chi connectivity index (χ0n) is 15.2. The molecule has 0 radical (unpaired) electrons. The summed E-state index contributed by atoms with van der Waals surface area (Å²) >= 11 is 0. The van der Waals surface area contributed by atoms with Gasteiger partial charge in [0, 0.05) is 23.0 Å². The number of fused-ring (bicyclic) bond motifs is 1. The molecule has 22 heavy (non-hydrogen) atoms. The molecule has 0 aliphatic rings. The zero-order valence-corrected chi connectivity index (χ0v) is 15.2. The number of hydrogen-bond acceptors (Lipinski definition) is 2. The summed E-state index contributed by atoms with van der Waals surface area (Å²) in [6.07, 6.45) is 0. The van der Waals surface area contributed by atoms with Crippen LogP contribution in [0, 0.1) is 19.8 Å². The molecule has 1 aromatic heterocycles. The van der Waals surface area contributed by atoms with Gasteiger partial charge in [0.1, 0.15) is 0 Å². The van der Waals surface area contributed by atoms with Crippen molar-refractivity contribution in [2.75, 3.05) is 6.54 Å². The third kappa shape index (κ3) is 3.86. The molecule has 0 fully saturated rings. The summed E-state index contributed by atoms with van der Waals surface area (Å²) < 4.78 is 0. The maximum Gasteiger partial charge on any atom is 0.0714 e. The third-order valence-corrected chi connectivity index (χ3v) is 3.97. The van der Waals surface area contributed by atoms with Gasteiger partial charge in [-0.15, -0.1) is 0 Å². The summed E-state index contributed by atoms with van der Waals surface area (Å²) in [6.45, 7) is 17.5. The van der Waals surface area contributed by atoms with E-state index < -0.39 is 0 Å². The number of nitrogens with one attached hydrogen (secondary N) is 1. The standard InChI is InChI=1S/C20H30N2/c1-13(2)11-21-12-16-10-18(20(5,6)7)22-17-9-14(3)8-15(4)19(16)17/h8-10,13,21H,11-12H2,1-7H3. The molecule has 0 spiro atoms. The van der Waals surface area contributed by atoms with E-state index in [1.54, 1.807) is 0 Å². The average molecular weight is 298 g/mol. The highest BCUT2D eigenvalue weighted by atomic mass is 14.9. The van der Waals surface area contributed by atoms with Crippen molar-refractivity contribution in [3.8, 4) is 0 Å². The normalized spacial score (nSPS) is 12.4. The molecule has 0 saturated carbocycles. The smallest absolute Gasteiger partial charge is 0.0714 e. The minimum atomic E-state index is 0.0681. The molecule has 120 valence electrons. The largest absolute Gasteiger partial charge is 0.312 e. The van der Waals surface area contributed by atoms with Crippen molar-refractivity contribution in [2.24, 2.45) is 5.92 Å². The molecule has 0 atom stereocenters. The highest BCUT2D eigenvalue weighted by molar-refractivity contribution is 5.86. The van der Waals surface area contributed by atoms with E-state index in [0.717, 1.165) is 18.6 Å². The Balaban J connectivity index is 2.54. The highest BCUT2D eigenvalue weighted by Crippen LogP contribution is 2.29. The zero-order chi connectivity index (χ0) is 16.5. The molecule has 1 heterocycles. The van der Waals surface area contributed by atoms with Crippen molar-refractivity contribution < 1.29 is 0 Å². The first kappa shape index (κ1) is 17.0. The number of rotatable bonds is 4. The summed E-state index contributed by atoms with van der Waals surface area (Å²) in [5.74, 6) is 0.665. The summed E-state index contributed by atoms with van der Waals surface area (Å²) in [5.41, 5.74) is 6.35. The van der Waals surface area contributed by atoms with Gasteiger partial charge in [-0.05, 0) is 55.1 Å². The lowest BCUT2D eigenvalue weighted by Crippen LogP contribution is -2.21. The van der Waals surface area contributed by atoms with Crippen molar-refractivity contribution in [3.05, 3.63) is 40.6 Å². The number of aromatic nitrogens is 1. The lowest BCUT2D eigenvalue weighted by atomic mass is 9.89. The van der Waals surface area contributed by atoms with Crippen LogP contribution in [0.2, 0.25) is 0 Å². The van der Waals surface area contributed by atoms with Crippen LogP contribution in [-0.2, 0) is 12.0 Å². The van der Waals surface area contributed by atoms with Gasteiger partial charge in [0.05, 0.1) is 5.52 Å². The van der Waals surface area contributed by atoms with E-state index >= 15 is 0 Å². The molecule has 0 aliphatic heterocycles. The SMILES string of the molecule is Cc1cc(C)c2c(CNCC(C)C)cc(C(C)(C)C)nc2c1. The van der Waals surface area contributed by atoms with Gasteiger partial charge in [-0.2, -0.15) is 0 Å². The minimum absolute atomic E-state index is 0.0681. The molecule has 0 aliphatic carbocycles. The van der Waals surface area contributed by atoms with E-state index in [-0.39, 0.29) is 5.41 Å². The Morgan fingerprint density at radius 3 is 2.36 bits per heavy atom. The molecule has 2 heteroatoms. The summed E-state index contributed by atoms with van der Waals surface area (Å²) in [6, 6.07) is 6.76. The molecule has 0 unspecified atom stereocenters. The summed E-state index contributed by atoms with van der Waals surface area (Å²) in [4.78, 5) is 4.94. The number of aryl methyl sites for hydroxylation is 2. The summed E-state index contributed by atoms with van der Waals surface area (Å²) in [7, 11) is 0. The maximum atomic E-state index is 4.94. The Bertz CT molecular complexity index is 663. The molecule has 2 rings (SSSR count). The van der Waals surface area contributed by atoms with Crippen LogP contribution < -0.4 is 5.32 Å². The fourth-order valence-electron chi connectivity index (χ4n) is 2.87. The fourth-order valence-corrected chi connectivity index (χ4v) is 2.87. The second-order valence-corrected chi connectivity index (χ2v) is 7.92. The molecule has 2 nitrogen and oxygen atoms in total. The van der Waals surface area contributed by atoms with E-state index in [0.29, 0.717) is 5.92 Å². The first-order valence-corrected chi connectivity index (χ1v) is 8.30. The van der Waals surface area contributed by atoms with Crippen molar-refractivity contribution >= 4 is 10.9 Å². The van der Waals surface area contributed by atoms with Gasteiger partial charge < -0.3 is 5.32 Å². The number of nitrogens with zero attached hydrogens (tertiary/aromatic N) is 1. The lowest BCUT2D eigenvalue weighted by Gasteiger charge is -2.21. The van der Waals surface area contributed by atoms with Gasteiger partial charge in [-0.1, -0.05) is 40.7 Å². The van der Waals surface area contributed by atoms with Crippen LogP contribution in [0.15, 0.2) is 18.2 Å². The van der Waals surface area contributed by atoms with Crippen LogP contribution in [-0.4, -0.2) is 11.5 Å². The van der Waals surface area contributed by atoms with Crippen molar-refractivity contribution in [1.82, 2.24) is 10.3 Å². The molecule has 1 N–H and O–H groups in total. The Morgan fingerprint density at radius 2 is 1.77 bits per heavy atom. The Hall–Kier alpha value is -1.41. The molecule has 2 aromatic rings. The van der Waals surface area contributed by atoms with E-state index in [9.17, 15) is 0 Å². The topological polar surface area (TPSA) is 24.9 Å². The van der Waals surface area contributed by atoms with E-state index in [1.807, 2.05) is 0 Å². The lowest BCUT2D eigenvalue weighted by molar-refractivity contribution is 0.548. The molecule has 0 saturated heterocycles. The second-order valence-electron chi connectivity index (χ2n) is 7.92. The number of benzene rings is 1. The molecule has 0 bridgehead atoms. The average Bonchev–Trinajstić information content (AvgIpc) is 2.35. The van der Waals surface area contributed by atoms with Gasteiger partial charge >= 0.3 is 0 Å². The van der Waals surface area contributed by atoms with Crippen LogP contribution in [0.25, 0.3) is 10.9 Å².